The third kappa shape index (κ3) is 6.29. The molecule has 6 aliphatic rings. The highest BCUT2D eigenvalue weighted by Gasteiger charge is 2.71. The van der Waals surface area contributed by atoms with E-state index in [0.29, 0.717) is 30.2 Å². The number of ether oxygens (including phenoxy) is 1. The van der Waals surface area contributed by atoms with E-state index in [0.717, 1.165) is 72.9 Å². The van der Waals surface area contributed by atoms with Crippen molar-refractivity contribution in [3.05, 3.63) is 40.7 Å². The van der Waals surface area contributed by atoms with Gasteiger partial charge in [0, 0.05) is 17.4 Å². The van der Waals surface area contributed by atoms with Crippen LogP contribution in [0.1, 0.15) is 157 Å². The van der Waals surface area contributed by atoms with Crippen LogP contribution in [-0.2, 0) is 23.9 Å². The number of allylic oxidation sites excluding steroid dienone is 1. The molecule has 332 valence electrons. The Bertz CT molecular complexity index is 2250. The monoisotopic (exact) mass is 839 g/mol. The zero-order chi connectivity index (χ0) is 44.6. The highest BCUT2D eigenvalue weighted by molar-refractivity contribution is 6.04. The molecule has 0 radical (unpaired) electrons. The summed E-state index contributed by atoms with van der Waals surface area (Å²) in [5, 5.41) is 16.2. The van der Waals surface area contributed by atoms with Crippen molar-refractivity contribution >= 4 is 40.6 Å². The number of esters is 1. The number of imidazole rings is 1. The van der Waals surface area contributed by atoms with E-state index in [9.17, 15) is 29.1 Å². The number of H-pyrrole nitrogens is 1. The minimum atomic E-state index is -1.26. The number of nitrogens with zero attached hydrogens (tertiary/aromatic N) is 1. The summed E-state index contributed by atoms with van der Waals surface area (Å²) in [5.74, 6) is -0.892. The Morgan fingerprint density at radius 1 is 0.885 bits per heavy atom. The molecule has 61 heavy (non-hydrogen) atoms. The van der Waals surface area contributed by atoms with Gasteiger partial charge in [-0.3, -0.25) is 24.0 Å². The van der Waals surface area contributed by atoms with Gasteiger partial charge in [-0.05, 0) is 153 Å². The number of hydrogen-bond donors (Lipinski definition) is 4. The smallest absolute Gasteiger partial charge is 0.309 e. The largest absolute Gasteiger partial charge is 0.481 e. The van der Waals surface area contributed by atoms with Gasteiger partial charge < -0.3 is 25.5 Å². The number of amides is 2. The van der Waals surface area contributed by atoms with Crippen molar-refractivity contribution in [2.75, 3.05) is 0 Å². The molecule has 8 rings (SSSR count). The lowest BCUT2D eigenvalue weighted by molar-refractivity contribution is -0.235. The van der Waals surface area contributed by atoms with E-state index in [1.54, 1.807) is 32.0 Å². The second-order valence-corrected chi connectivity index (χ2v) is 23.2. The normalized spacial score (nSPS) is 37.5. The number of aliphatic carboxylic acids is 1. The fraction of sp³-hybridized carbons (Fsp3) is 0.720. The molecular formula is C50H70N4O7. The van der Waals surface area contributed by atoms with Gasteiger partial charge in [0.15, 0.2) is 5.78 Å². The van der Waals surface area contributed by atoms with Crippen molar-refractivity contribution in [3.8, 4) is 0 Å². The average molecular weight is 839 g/mol. The molecule has 1 aromatic heterocycles. The maximum Gasteiger partial charge on any atom is 0.309 e. The highest BCUT2D eigenvalue weighted by Crippen LogP contribution is 2.76. The maximum atomic E-state index is 14.5. The fourth-order valence-electron chi connectivity index (χ4n) is 15.0. The molecule has 0 unspecified atom stereocenters. The van der Waals surface area contributed by atoms with Crippen LogP contribution >= 0.6 is 0 Å². The maximum absolute atomic E-state index is 14.5. The van der Waals surface area contributed by atoms with Crippen LogP contribution < -0.4 is 10.6 Å². The first-order chi connectivity index (χ1) is 28.2. The Morgan fingerprint density at radius 3 is 2.25 bits per heavy atom. The van der Waals surface area contributed by atoms with E-state index in [1.807, 2.05) is 20.8 Å². The number of aryl methyl sites for hydroxylation is 1. The van der Waals surface area contributed by atoms with Crippen LogP contribution in [0.3, 0.4) is 0 Å². The van der Waals surface area contributed by atoms with Gasteiger partial charge in [-0.1, -0.05) is 62.3 Å². The van der Waals surface area contributed by atoms with Gasteiger partial charge in [0.1, 0.15) is 17.5 Å². The molecule has 5 saturated carbocycles. The van der Waals surface area contributed by atoms with Crippen molar-refractivity contribution in [2.45, 2.75) is 164 Å². The number of benzene rings is 1. The number of ketones is 1. The predicted octanol–water partition coefficient (Wildman–Crippen LogP) is 8.89. The molecule has 4 N–H and O–H groups in total. The summed E-state index contributed by atoms with van der Waals surface area (Å²) in [6.45, 7) is 25.4. The first-order valence-electron chi connectivity index (χ1n) is 23.1. The number of carbonyl (C=O) groups is 5. The first-order valence-corrected chi connectivity index (χ1v) is 23.1. The Morgan fingerprint density at radius 2 is 1.59 bits per heavy atom. The van der Waals surface area contributed by atoms with E-state index in [1.165, 1.54) is 0 Å². The van der Waals surface area contributed by atoms with Crippen molar-refractivity contribution in [1.29, 1.82) is 0 Å². The van der Waals surface area contributed by atoms with Gasteiger partial charge in [-0.2, -0.15) is 0 Å². The van der Waals surface area contributed by atoms with E-state index in [-0.39, 0.29) is 69.6 Å². The minimum absolute atomic E-state index is 0.00969. The van der Waals surface area contributed by atoms with Crippen LogP contribution in [0.15, 0.2) is 29.3 Å². The van der Waals surface area contributed by atoms with Crippen LogP contribution in [0, 0.1) is 69.5 Å². The average Bonchev–Trinajstić information content (AvgIpc) is 3.67. The zero-order valence-electron chi connectivity index (χ0n) is 38.7. The molecular weight excluding hydrogens is 769 g/mol. The number of aromatic amines is 1. The predicted molar refractivity (Wildman–Crippen MR) is 233 cm³/mol. The second-order valence-electron chi connectivity index (χ2n) is 23.2. The number of nitrogens with one attached hydrogen (secondary N) is 3. The summed E-state index contributed by atoms with van der Waals surface area (Å²) >= 11 is 0. The van der Waals surface area contributed by atoms with Gasteiger partial charge in [0.2, 0.25) is 5.91 Å². The van der Waals surface area contributed by atoms with Gasteiger partial charge in [-0.25, -0.2) is 4.98 Å². The summed E-state index contributed by atoms with van der Waals surface area (Å²) < 4.78 is 6.42. The molecule has 1 aromatic carbocycles. The fourth-order valence-corrected chi connectivity index (χ4v) is 15.0. The molecule has 10 atom stereocenters. The number of carbonyl (C=O) groups excluding carboxylic acids is 4. The molecule has 11 heteroatoms. The number of rotatable bonds is 8. The van der Waals surface area contributed by atoms with Crippen LogP contribution in [0.4, 0.5) is 0 Å². The van der Waals surface area contributed by atoms with Crippen molar-refractivity contribution in [3.63, 3.8) is 0 Å². The summed E-state index contributed by atoms with van der Waals surface area (Å²) in [5.41, 5.74) is 0.911. The Balaban J connectivity index is 1.03. The van der Waals surface area contributed by atoms with Gasteiger partial charge in [0.05, 0.1) is 28.4 Å². The van der Waals surface area contributed by atoms with Gasteiger partial charge >= 0.3 is 11.9 Å². The number of aromatic nitrogens is 2. The Labute approximate surface area is 361 Å². The van der Waals surface area contributed by atoms with Crippen LogP contribution in [0.25, 0.3) is 11.0 Å². The van der Waals surface area contributed by atoms with Gasteiger partial charge in [-0.15, -0.1) is 0 Å². The number of Topliss-reactive ketones (excluding diaryl/α,β-unsaturated/α-hetero) is 1. The number of carboxylic acid groups (broad SMARTS) is 1. The molecule has 2 aromatic rings. The molecule has 0 saturated heterocycles. The van der Waals surface area contributed by atoms with E-state index in [2.05, 4.69) is 69.1 Å². The van der Waals surface area contributed by atoms with E-state index < -0.39 is 34.3 Å². The molecule has 0 spiro atoms. The minimum Gasteiger partial charge on any atom is -0.481 e. The van der Waals surface area contributed by atoms with Crippen molar-refractivity contribution in [2.24, 2.45) is 62.6 Å². The topological polar surface area (TPSA) is 168 Å². The summed E-state index contributed by atoms with van der Waals surface area (Å²) in [6, 6.07) is 5.28. The second kappa shape index (κ2) is 14.0. The lowest BCUT2D eigenvalue weighted by Crippen LogP contribution is -2.68. The number of carboxylic acids is 1. The molecule has 5 fully saturated rings. The third-order valence-electron chi connectivity index (χ3n) is 18.7. The Kier molecular flexibility index (Phi) is 10.0. The molecule has 0 aliphatic heterocycles. The summed E-state index contributed by atoms with van der Waals surface area (Å²) in [4.78, 5) is 75.5. The van der Waals surface area contributed by atoms with Crippen LogP contribution in [-0.4, -0.2) is 61.8 Å². The number of hydrogen-bond acceptors (Lipinski definition) is 7. The van der Waals surface area contributed by atoms with E-state index >= 15 is 0 Å². The van der Waals surface area contributed by atoms with Crippen LogP contribution in [0.5, 0.6) is 0 Å². The Hall–Kier alpha value is -4.02. The number of fused-ring (bicyclic) bond motifs is 8. The molecule has 1 heterocycles. The molecule has 6 aliphatic carbocycles. The standard InChI is InChI=1S/C50H70N4O7/c1-26(2)38-34(55)25-50(54-43(60)46(8,9)53-40(56)28-13-15-32-33(23-28)52-27(3)51-32)22-21-48(11)29(39(38)50)14-16-36-47(10)19-18-37(45(6,7)35(47)17-20-49(36,48)12)61-42(59)31-24-30(41(57)58)44(31,4)5/h13,15,23,26,29-31,35-37H,14,16-22,24-25H2,1-12H3,(H,51,52)(H,53,56)(H,54,60)(H,57,58)/t29-,30+,31-,35+,36-,37+,47+,48-,49-,50-/m1/s1. The highest BCUT2D eigenvalue weighted by atomic mass is 16.5. The third-order valence-corrected chi connectivity index (χ3v) is 18.7. The van der Waals surface area contributed by atoms with Gasteiger partial charge in [0.25, 0.3) is 5.91 Å². The lowest BCUT2D eigenvalue weighted by atomic mass is 9.33. The quantitative estimate of drug-likeness (QED) is 0.191. The van der Waals surface area contributed by atoms with Crippen molar-refractivity contribution in [1.82, 2.24) is 20.6 Å². The van der Waals surface area contributed by atoms with E-state index in [4.69, 9.17) is 4.74 Å². The molecule has 2 amide bonds. The molecule has 11 nitrogen and oxygen atoms in total. The lowest BCUT2D eigenvalue weighted by Gasteiger charge is -2.72. The van der Waals surface area contributed by atoms with Crippen molar-refractivity contribution < 1.29 is 33.8 Å². The summed E-state index contributed by atoms with van der Waals surface area (Å²) in [6.07, 6.45) is 7.64. The molecule has 0 bridgehead atoms. The summed E-state index contributed by atoms with van der Waals surface area (Å²) in [7, 11) is 0. The SMILES string of the molecule is Cc1nc2ccc(C(=O)NC(C)(C)C(=O)N[C@@]34CC[C@]5(C)[C@H](CC[C@@H]6[C@@]7(C)CC[C@H](OC(=O)[C@H]8C[C@@H](C(=O)O)C8(C)C)C(C)(C)[C@@H]7CC[C@]65C)C3=C(C(C)C)C(=O)C4)cc2[nH]1. The first kappa shape index (κ1) is 43.6. The zero-order valence-corrected chi connectivity index (χ0v) is 38.7. The van der Waals surface area contributed by atoms with Crippen LogP contribution in [0.2, 0.25) is 0 Å².